The largest absolute Gasteiger partial charge is 0.390 e. The standard InChI is InChI=1S/C18H28N6O/c1-14-11-18(21-15(2)20-14)23-9-5-16(6-10-23)22(3)12-17(25)13-24-8-4-7-19-24/h4,7-8,11,16-17,25H,5-6,9-10,12-13H2,1-3H3. The molecule has 2 aromatic heterocycles. The molecule has 0 spiro atoms. The minimum atomic E-state index is -0.407. The number of rotatable bonds is 6. The van der Waals surface area contributed by atoms with Crippen LogP contribution in [0.5, 0.6) is 0 Å². The molecule has 7 nitrogen and oxygen atoms in total. The molecule has 0 bridgehead atoms. The van der Waals surface area contributed by atoms with Crippen LogP contribution >= 0.6 is 0 Å². The smallest absolute Gasteiger partial charge is 0.132 e. The lowest BCUT2D eigenvalue weighted by Crippen LogP contribution is -2.46. The molecule has 1 fully saturated rings. The molecule has 25 heavy (non-hydrogen) atoms. The normalized spacial score (nSPS) is 17.2. The molecule has 1 N–H and O–H groups in total. The van der Waals surface area contributed by atoms with Gasteiger partial charge in [-0.1, -0.05) is 0 Å². The maximum absolute atomic E-state index is 10.3. The van der Waals surface area contributed by atoms with Gasteiger partial charge in [0.25, 0.3) is 0 Å². The molecule has 136 valence electrons. The van der Waals surface area contributed by atoms with Gasteiger partial charge in [-0.05, 0) is 39.8 Å². The molecule has 3 rings (SSSR count). The summed E-state index contributed by atoms with van der Waals surface area (Å²) in [5.41, 5.74) is 1.02. The quantitative estimate of drug-likeness (QED) is 0.850. The lowest BCUT2D eigenvalue weighted by atomic mass is 10.0. The predicted octanol–water partition coefficient (Wildman–Crippen LogP) is 1.25. The van der Waals surface area contributed by atoms with Crippen molar-refractivity contribution in [3.8, 4) is 0 Å². The number of hydrogen-bond donors (Lipinski definition) is 1. The Kier molecular flexibility index (Phi) is 5.65. The summed E-state index contributed by atoms with van der Waals surface area (Å²) in [6, 6.07) is 4.43. The Bertz CT molecular complexity index is 646. The van der Waals surface area contributed by atoms with Gasteiger partial charge in [-0.15, -0.1) is 0 Å². The summed E-state index contributed by atoms with van der Waals surface area (Å²) in [5.74, 6) is 1.86. The van der Waals surface area contributed by atoms with Crippen molar-refractivity contribution in [3.63, 3.8) is 0 Å². The first kappa shape index (κ1) is 17.8. The predicted molar refractivity (Wildman–Crippen MR) is 97.6 cm³/mol. The number of piperidine rings is 1. The molecule has 1 saturated heterocycles. The highest BCUT2D eigenvalue weighted by molar-refractivity contribution is 5.40. The van der Waals surface area contributed by atoms with Crippen LogP contribution in [-0.4, -0.2) is 68.6 Å². The zero-order valence-electron chi connectivity index (χ0n) is 15.3. The van der Waals surface area contributed by atoms with Gasteiger partial charge in [-0.3, -0.25) is 4.68 Å². The van der Waals surface area contributed by atoms with Gasteiger partial charge >= 0.3 is 0 Å². The number of aryl methyl sites for hydroxylation is 2. The zero-order chi connectivity index (χ0) is 17.8. The van der Waals surface area contributed by atoms with Crippen LogP contribution < -0.4 is 4.90 Å². The van der Waals surface area contributed by atoms with Gasteiger partial charge in [0, 0.05) is 49.8 Å². The van der Waals surface area contributed by atoms with E-state index < -0.39 is 6.10 Å². The number of anilines is 1. The number of likely N-dealkylation sites (N-methyl/N-ethyl adjacent to an activating group) is 1. The molecular formula is C18H28N6O. The number of aromatic nitrogens is 4. The van der Waals surface area contributed by atoms with Gasteiger partial charge in [0.15, 0.2) is 0 Å². The Labute approximate surface area is 149 Å². The van der Waals surface area contributed by atoms with Gasteiger partial charge < -0.3 is 14.9 Å². The van der Waals surface area contributed by atoms with E-state index in [1.807, 2.05) is 26.1 Å². The van der Waals surface area contributed by atoms with Crippen LogP contribution in [0.25, 0.3) is 0 Å². The third kappa shape index (κ3) is 4.76. The van der Waals surface area contributed by atoms with Crippen molar-refractivity contribution < 1.29 is 5.11 Å². The lowest BCUT2D eigenvalue weighted by Gasteiger charge is -2.38. The summed E-state index contributed by atoms with van der Waals surface area (Å²) in [5, 5.41) is 14.4. The van der Waals surface area contributed by atoms with Gasteiger partial charge in [-0.2, -0.15) is 5.10 Å². The SMILES string of the molecule is Cc1cc(N2CCC(N(C)CC(O)Cn3cccn3)CC2)nc(C)n1. The fourth-order valence-corrected chi connectivity index (χ4v) is 3.56. The first-order valence-corrected chi connectivity index (χ1v) is 8.94. The minimum Gasteiger partial charge on any atom is -0.390 e. The maximum Gasteiger partial charge on any atom is 0.132 e. The third-order valence-corrected chi connectivity index (χ3v) is 4.82. The van der Waals surface area contributed by atoms with E-state index in [1.54, 1.807) is 10.9 Å². The maximum atomic E-state index is 10.3. The van der Waals surface area contributed by atoms with Crippen LogP contribution in [0, 0.1) is 13.8 Å². The zero-order valence-corrected chi connectivity index (χ0v) is 15.3. The number of hydrogen-bond acceptors (Lipinski definition) is 6. The Morgan fingerprint density at radius 3 is 2.68 bits per heavy atom. The molecule has 3 heterocycles. The van der Waals surface area contributed by atoms with Crippen molar-refractivity contribution >= 4 is 5.82 Å². The first-order valence-electron chi connectivity index (χ1n) is 8.94. The lowest BCUT2D eigenvalue weighted by molar-refractivity contribution is 0.0811. The van der Waals surface area contributed by atoms with Crippen molar-refractivity contribution in [2.75, 3.05) is 31.6 Å². The van der Waals surface area contributed by atoms with Gasteiger partial charge in [-0.25, -0.2) is 9.97 Å². The van der Waals surface area contributed by atoms with E-state index in [-0.39, 0.29) is 0 Å². The number of aliphatic hydroxyl groups excluding tert-OH is 1. The highest BCUT2D eigenvalue weighted by atomic mass is 16.3. The van der Waals surface area contributed by atoms with E-state index in [0.29, 0.717) is 19.1 Å². The Hall–Kier alpha value is -1.99. The van der Waals surface area contributed by atoms with E-state index >= 15 is 0 Å². The summed E-state index contributed by atoms with van der Waals surface area (Å²) in [6.07, 6.45) is 5.37. The Balaban J connectivity index is 1.49. The average Bonchev–Trinajstić information content (AvgIpc) is 3.07. The second-order valence-corrected chi connectivity index (χ2v) is 6.95. The van der Waals surface area contributed by atoms with Gasteiger partial charge in [0.2, 0.25) is 0 Å². The van der Waals surface area contributed by atoms with E-state index in [0.717, 1.165) is 43.3 Å². The van der Waals surface area contributed by atoms with Crippen LogP contribution in [0.4, 0.5) is 5.82 Å². The summed E-state index contributed by atoms with van der Waals surface area (Å²) in [4.78, 5) is 13.5. The van der Waals surface area contributed by atoms with Crippen molar-refractivity contribution in [1.29, 1.82) is 0 Å². The fourth-order valence-electron chi connectivity index (χ4n) is 3.56. The van der Waals surface area contributed by atoms with Gasteiger partial charge in [0.05, 0.1) is 12.6 Å². The number of nitrogens with zero attached hydrogens (tertiary/aromatic N) is 6. The van der Waals surface area contributed by atoms with E-state index in [9.17, 15) is 5.11 Å². The van der Waals surface area contributed by atoms with Crippen LogP contribution in [0.3, 0.4) is 0 Å². The highest BCUT2D eigenvalue weighted by Gasteiger charge is 2.24. The van der Waals surface area contributed by atoms with Crippen molar-refractivity contribution in [2.45, 2.75) is 45.4 Å². The second-order valence-electron chi connectivity index (χ2n) is 6.95. The van der Waals surface area contributed by atoms with E-state index in [1.165, 1.54) is 0 Å². The first-order chi connectivity index (χ1) is 12.0. The third-order valence-electron chi connectivity index (χ3n) is 4.82. The molecule has 0 saturated carbocycles. The van der Waals surface area contributed by atoms with Crippen molar-refractivity contribution in [3.05, 3.63) is 36.0 Å². The molecule has 0 amide bonds. The Morgan fingerprint density at radius 1 is 1.28 bits per heavy atom. The molecule has 7 heteroatoms. The second kappa shape index (κ2) is 7.93. The van der Waals surface area contributed by atoms with E-state index in [4.69, 9.17) is 0 Å². The summed E-state index contributed by atoms with van der Waals surface area (Å²) < 4.78 is 1.78. The molecule has 2 aromatic rings. The molecule has 1 atom stereocenters. The Morgan fingerprint density at radius 2 is 2.04 bits per heavy atom. The molecule has 1 aliphatic heterocycles. The van der Waals surface area contributed by atoms with Crippen molar-refractivity contribution in [1.82, 2.24) is 24.6 Å². The molecule has 1 aliphatic rings. The topological polar surface area (TPSA) is 70.3 Å². The van der Waals surface area contributed by atoms with Crippen LogP contribution in [0.2, 0.25) is 0 Å². The number of aliphatic hydroxyl groups is 1. The van der Waals surface area contributed by atoms with Gasteiger partial charge in [0.1, 0.15) is 11.6 Å². The molecule has 0 radical (unpaired) electrons. The monoisotopic (exact) mass is 344 g/mol. The molecular weight excluding hydrogens is 316 g/mol. The van der Waals surface area contributed by atoms with Crippen molar-refractivity contribution in [2.24, 2.45) is 0 Å². The van der Waals surface area contributed by atoms with E-state index in [2.05, 4.69) is 38.0 Å². The highest BCUT2D eigenvalue weighted by Crippen LogP contribution is 2.21. The fraction of sp³-hybridized carbons (Fsp3) is 0.611. The van der Waals surface area contributed by atoms with Crippen LogP contribution in [0.15, 0.2) is 24.5 Å². The van der Waals surface area contributed by atoms with Crippen LogP contribution in [-0.2, 0) is 6.54 Å². The average molecular weight is 344 g/mol. The molecule has 0 aromatic carbocycles. The minimum absolute atomic E-state index is 0.407. The summed E-state index contributed by atoms with van der Waals surface area (Å²) >= 11 is 0. The molecule has 0 aliphatic carbocycles. The molecule has 1 unspecified atom stereocenters. The summed E-state index contributed by atoms with van der Waals surface area (Å²) in [6.45, 7) is 7.13. The van der Waals surface area contributed by atoms with Crippen LogP contribution in [0.1, 0.15) is 24.4 Å². The summed E-state index contributed by atoms with van der Waals surface area (Å²) in [7, 11) is 2.10.